The van der Waals surface area contributed by atoms with Crippen molar-refractivity contribution in [2.75, 3.05) is 5.73 Å². The van der Waals surface area contributed by atoms with Gasteiger partial charge in [0.1, 0.15) is 29.3 Å². The van der Waals surface area contributed by atoms with E-state index < -0.39 is 17.8 Å². The Hall–Kier alpha value is -4.35. The maximum absolute atomic E-state index is 14.3. The quantitative estimate of drug-likeness (QED) is 0.361. The predicted octanol–water partition coefficient (Wildman–Crippen LogP) is 4.81. The number of anilines is 1. The molecule has 0 aliphatic heterocycles. The number of hydrogen-bond donors (Lipinski definition) is 1. The summed E-state index contributed by atoms with van der Waals surface area (Å²) in [5, 5.41) is 4.78. The highest BCUT2D eigenvalue weighted by atomic mass is 19.4. The van der Waals surface area contributed by atoms with Crippen molar-refractivity contribution in [3.8, 4) is 16.8 Å². The minimum Gasteiger partial charge on any atom is -0.383 e. The van der Waals surface area contributed by atoms with Crippen LogP contribution >= 0.6 is 0 Å². The number of benzene rings is 1. The van der Waals surface area contributed by atoms with Gasteiger partial charge < -0.3 is 10.3 Å². The molecule has 35 heavy (non-hydrogen) atoms. The number of nitrogen functional groups attached to an aromatic ring is 1. The first kappa shape index (κ1) is 22.4. The number of rotatable bonds is 5. The van der Waals surface area contributed by atoms with Crippen molar-refractivity contribution in [1.29, 1.82) is 0 Å². The van der Waals surface area contributed by atoms with E-state index in [0.717, 1.165) is 18.0 Å². The van der Waals surface area contributed by atoms with Crippen molar-refractivity contribution in [1.82, 2.24) is 34.3 Å². The van der Waals surface area contributed by atoms with Crippen LogP contribution in [0.4, 0.5) is 23.4 Å². The molecule has 8 nitrogen and oxygen atoms in total. The molecule has 4 aromatic heterocycles. The van der Waals surface area contributed by atoms with Gasteiger partial charge in [-0.3, -0.25) is 0 Å². The van der Waals surface area contributed by atoms with Crippen LogP contribution < -0.4 is 5.73 Å². The van der Waals surface area contributed by atoms with Gasteiger partial charge in [0.05, 0.1) is 17.6 Å². The molecule has 0 fully saturated rings. The van der Waals surface area contributed by atoms with Gasteiger partial charge in [-0.25, -0.2) is 29.0 Å². The van der Waals surface area contributed by atoms with E-state index in [1.807, 2.05) is 11.5 Å². The van der Waals surface area contributed by atoms with Gasteiger partial charge in [0.25, 0.3) is 0 Å². The fraction of sp³-hybridized carbons (Fsp3) is 0.174. The van der Waals surface area contributed by atoms with E-state index in [1.165, 1.54) is 17.1 Å². The Morgan fingerprint density at radius 1 is 1.00 bits per heavy atom. The van der Waals surface area contributed by atoms with Gasteiger partial charge in [-0.2, -0.15) is 18.3 Å². The topological polar surface area (TPSA) is 100 Å². The third kappa shape index (κ3) is 3.96. The van der Waals surface area contributed by atoms with E-state index in [9.17, 15) is 17.6 Å². The second-order valence-electron chi connectivity index (χ2n) is 7.79. The first-order chi connectivity index (χ1) is 16.8. The lowest BCUT2D eigenvalue weighted by Gasteiger charge is -2.16. The van der Waals surface area contributed by atoms with Crippen molar-refractivity contribution in [3.63, 3.8) is 0 Å². The van der Waals surface area contributed by atoms with Crippen LogP contribution in [0.1, 0.15) is 30.8 Å². The summed E-state index contributed by atoms with van der Waals surface area (Å²) in [6.07, 6.45) is 4.56. The molecule has 0 aliphatic carbocycles. The van der Waals surface area contributed by atoms with E-state index in [0.29, 0.717) is 34.3 Å². The highest BCUT2D eigenvalue weighted by molar-refractivity contribution is 6.00. The maximum atomic E-state index is 14.3. The molecule has 12 heteroatoms. The first-order valence-electron chi connectivity index (χ1n) is 10.6. The molecule has 0 aliphatic rings. The maximum Gasteiger partial charge on any atom is 0.451 e. The monoisotopic (exact) mass is 482 g/mol. The standard InChI is InChI=1S/C23H18F4N8/c1-2-17(14-9-33-35(10-14)18-6-4-3-5-16(18)24)34-11-15(19-20(28)31-12-32-21(19)34)13-7-29-22(30-8-13)23(25,26)27/h3-12,17H,2H2,1H3,(H2,28,31,32)/t17-/m0/s1. The number of nitrogens with zero attached hydrogens (tertiary/aromatic N) is 7. The second-order valence-corrected chi connectivity index (χ2v) is 7.79. The summed E-state index contributed by atoms with van der Waals surface area (Å²) < 4.78 is 56.4. The average molecular weight is 482 g/mol. The lowest BCUT2D eigenvalue weighted by atomic mass is 10.1. The van der Waals surface area contributed by atoms with E-state index >= 15 is 0 Å². The Balaban J connectivity index is 1.62. The largest absolute Gasteiger partial charge is 0.451 e. The Kier molecular flexibility index (Phi) is 5.42. The summed E-state index contributed by atoms with van der Waals surface area (Å²) >= 11 is 0. The summed E-state index contributed by atoms with van der Waals surface area (Å²) in [4.78, 5) is 15.4. The highest BCUT2D eigenvalue weighted by Crippen LogP contribution is 2.37. The van der Waals surface area contributed by atoms with Crippen molar-refractivity contribution < 1.29 is 17.6 Å². The summed E-state index contributed by atoms with van der Waals surface area (Å²) in [6, 6.07) is 6.01. The smallest absolute Gasteiger partial charge is 0.383 e. The number of para-hydroxylation sites is 1. The number of halogens is 4. The Labute approximate surface area is 196 Å². The minimum absolute atomic E-state index is 0.167. The van der Waals surface area contributed by atoms with Gasteiger partial charge >= 0.3 is 6.18 Å². The molecule has 2 N–H and O–H groups in total. The number of alkyl halides is 3. The van der Waals surface area contributed by atoms with Crippen LogP contribution in [0.25, 0.3) is 27.8 Å². The number of hydrogen-bond acceptors (Lipinski definition) is 6. The Bertz CT molecular complexity index is 1500. The van der Waals surface area contributed by atoms with Gasteiger partial charge in [0.2, 0.25) is 5.82 Å². The molecule has 0 amide bonds. The molecule has 5 aromatic rings. The average Bonchev–Trinajstić information content (AvgIpc) is 3.46. The summed E-state index contributed by atoms with van der Waals surface area (Å²) in [5.41, 5.74) is 8.53. The predicted molar refractivity (Wildman–Crippen MR) is 120 cm³/mol. The van der Waals surface area contributed by atoms with Crippen LogP contribution in [0.2, 0.25) is 0 Å². The Morgan fingerprint density at radius 3 is 2.43 bits per heavy atom. The van der Waals surface area contributed by atoms with E-state index in [-0.39, 0.29) is 11.9 Å². The molecule has 178 valence electrons. The highest BCUT2D eigenvalue weighted by Gasteiger charge is 2.34. The summed E-state index contributed by atoms with van der Waals surface area (Å²) in [5.74, 6) is -1.48. The number of fused-ring (bicyclic) bond motifs is 1. The van der Waals surface area contributed by atoms with Crippen LogP contribution in [0, 0.1) is 5.82 Å². The third-order valence-electron chi connectivity index (χ3n) is 5.66. The van der Waals surface area contributed by atoms with Gasteiger partial charge in [0.15, 0.2) is 0 Å². The Morgan fingerprint density at radius 2 is 1.74 bits per heavy atom. The van der Waals surface area contributed by atoms with Gasteiger partial charge in [-0.05, 0) is 18.6 Å². The van der Waals surface area contributed by atoms with Crippen LogP contribution in [-0.4, -0.2) is 34.3 Å². The van der Waals surface area contributed by atoms with Gasteiger partial charge in [0, 0.05) is 41.5 Å². The molecule has 0 unspecified atom stereocenters. The molecule has 5 rings (SSSR count). The molecule has 0 bridgehead atoms. The van der Waals surface area contributed by atoms with E-state index in [4.69, 9.17) is 5.73 Å². The molecule has 4 heterocycles. The normalized spacial score (nSPS) is 12.8. The van der Waals surface area contributed by atoms with Crippen molar-refractivity contribution in [2.45, 2.75) is 25.6 Å². The van der Waals surface area contributed by atoms with Crippen molar-refractivity contribution in [3.05, 3.63) is 78.8 Å². The lowest BCUT2D eigenvalue weighted by molar-refractivity contribution is -0.144. The van der Waals surface area contributed by atoms with Crippen molar-refractivity contribution >= 4 is 16.9 Å². The molecular weight excluding hydrogens is 464 g/mol. The fourth-order valence-corrected chi connectivity index (χ4v) is 4.05. The molecule has 0 radical (unpaired) electrons. The fourth-order valence-electron chi connectivity index (χ4n) is 4.05. The van der Waals surface area contributed by atoms with Gasteiger partial charge in [-0.15, -0.1) is 0 Å². The van der Waals surface area contributed by atoms with Crippen LogP contribution in [0.15, 0.2) is 61.6 Å². The lowest BCUT2D eigenvalue weighted by Crippen LogP contribution is -2.10. The molecule has 1 aromatic carbocycles. The zero-order chi connectivity index (χ0) is 24.7. The van der Waals surface area contributed by atoms with Crippen LogP contribution in [0.5, 0.6) is 0 Å². The SMILES string of the molecule is CC[C@@H](c1cnn(-c2ccccc2F)c1)n1cc(-c2cnc(C(F)(F)F)nc2)c2c(N)ncnc21. The van der Waals surface area contributed by atoms with Crippen molar-refractivity contribution in [2.24, 2.45) is 0 Å². The van der Waals surface area contributed by atoms with E-state index in [2.05, 4.69) is 25.0 Å². The second kappa shape index (κ2) is 8.46. The number of aromatic nitrogens is 7. The van der Waals surface area contributed by atoms with Crippen LogP contribution in [-0.2, 0) is 6.18 Å². The zero-order valence-corrected chi connectivity index (χ0v) is 18.3. The van der Waals surface area contributed by atoms with Gasteiger partial charge in [-0.1, -0.05) is 19.1 Å². The molecular formula is C23H18F4N8. The molecule has 0 spiro atoms. The van der Waals surface area contributed by atoms with E-state index in [1.54, 1.807) is 36.8 Å². The summed E-state index contributed by atoms with van der Waals surface area (Å²) in [7, 11) is 0. The van der Waals surface area contributed by atoms with Crippen LogP contribution in [0.3, 0.4) is 0 Å². The zero-order valence-electron chi connectivity index (χ0n) is 18.3. The molecule has 1 atom stereocenters. The number of nitrogens with two attached hydrogens (primary N) is 1. The molecule has 0 saturated heterocycles. The first-order valence-corrected chi connectivity index (χ1v) is 10.6. The summed E-state index contributed by atoms with van der Waals surface area (Å²) in [6.45, 7) is 1.96. The molecule has 0 saturated carbocycles. The third-order valence-corrected chi connectivity index (χ3v) is 5.66. The minimum atomic E-state index is -4.65.